The molecule has 0 aliphatic carbocycles. The van der Waals surface area contributed by atoms with Crippen LogP contribution in [0.1, 0.15) is 40.9 Å². The predicted octanol–water partition coefficient (Wildman–Crippen LogP) is 5.44. The number of hydrogen-bond donors (Lipinski definition) is 0. The van der Waals surface area contributed by atoms with E-state index in [2.05, 4.69) is 48.0 Å². The van der Waals surface area contributed by atoms with E-state index in [1.165, 1.54) is 29.9 Å². The van der Waals surface area contributed by atoms with Gasteiger partial charge in [0.1, 0.15) is 0 Å². The number of methoxy groups -OCH3 is 1. The molecule has 0 fully saturated rings. The summed E-state index contributed by atoms with van der Waals surface area (Å²) in [6.07, 6.45) is 1.95. The van der Waals surface area contributed by atoms with E-state index in [9.17, 15) is 4.39 Å². The summed E-state index contributed by atoms with van der Waals surface area (Å²) in [5.41, 5.74) is 4.68. The Kier molecular flexibility index (Phi) is 5.40. The van der Waals surface area contributed by atoms with Crippen molar-refractivity contribution in [3.05, 3.63) is 64.5 Å². The molecule has 21 heavy (non-hydrogen) atoms. The Morgan fingerprint density at radius 2 is 1.86 bits per heavy atom. The van der Waals surface area contributed by atoms with Crippen molar-refractivity contribution in [3.8, 4) is 5.75 Å². The second-order valence-corrected chi connectivity index (χ2v) is 5.91. The third kappa shape index (κ3) is 3.46. The average Bonchev–Trinajstić information content (AvgIpc) is 2.53. The Bertz CT molecular complexity index is 625. The molecule has 0 bridgehead atoms. The lowest BCUT2D eigenvalue weighted by atomic mass is 9.95. The van der Waals surface area contributed by atoms with Crippen molar-refractivity contribution in [2.45, 2.75) is 31.5 Å². The molecule has 1 atom stereocenters. The first-order valence-electron chi connectivity index (χ1n) is 7.19. The van der Waals surface area contributed by atoms with E-state index in [-0.39, 0.29) is 16.4 Å². The zero-order valence-electron chi connectivity index (χ0n) is 12.6. The molecule has 0 spiro atoms. The molecule has 0 N–H and O–H groups in total. The minimum Gasteiger partial charge on any atom is -0.494 e. The lowest BCUT2D eigenvalue weighted by Gasteiger charge is -2.17. The Balaban J connectivity index is 2.43. The second kappa shape index (κ2) is 7.08. The van der Waals surface area contributed by atoms with Crippen LogP contribution < -0.4 is 4.74 Å². The van der Waals surface area contributed by atoms with Gasteiger partial charge in [-0.1, -0.05) is 54.0 Å². The molecule has 0 radical (unpaired) electrons. The molecular formula is C18H20BrFO. The van der Waals surface area contributed by atoms with Crippen molar-refractivity contribution in [2.24, 2.45) is 0 Å². The van der Waals surface area contributed by atoms with Gasteiger partial charge >= 0.3 is 0 Å². The Morgan fingerprint density at radius 1 is 1.10 bits per heavy atom. The van der Waals surface area contributed by atoms with Gasteiger partial charge in [-0.2, -0.15) is 0 Å². The predicted molar refractivity (Wildman–Crippen MR) is 88.9 cm³/mol. The fourth-order valence-electron chi connectivity index (χ4n) is 2.44. The topological polar surface area (TPSA) is 9.23 Å². The van der Waals surface area contributed by atoms with E-state index in [1.54, 1.807) is 6.07 Å². The first-order valence-corrected chi connectivity index (χ1v) is 8.11. The lowest BCUT2D eigenvalue weighted by molar-refractivity contribution is 0.386. The molecule has 0 aliphatic rings. The Morgan fingerprint density at radius 3 is 2.43 bits per heavy atom. The molecule has 0 amide bonds. The minimum absolute atomic E-state index is 0.0145. The zero-order chi connectivity index (χ0) is 15.4. The largest absolute Gasteiger partial charge is 0.494 e. The van der Waals surface area contributed by atoms with Gasteiger partial charge in [0.15, 0.2) is 11.6 Å². The first-order chi connectivity index (χ1) is 10.1. The second-order valence-electron chi connectivity index (χ2n) is 5.00. The van der Waals surface area contributed by atoms with Crippen molar-refractivity contribution < 1.29 is 9.13 Å². The number of alkyl halides is 1. The van der Waals surface area contributed by atoms with Crippen LogP contribution in [0.5, 0.6) is 5.75 Å². The van der Waals surface area contributed by atoms with Crippen molar-refractivity contribution >= 4 is 15.9 Å². The SMILES string of the molecule is CCc1ccc(CC)c(C(Br)c2ccc(OC)c(F)c2)c1. The van der Waals surface area contributed by atoms with Crippen LogP contribution in [0.4, 0.5) is 4.39 Å². The normalized spacial score (nSPS) is 12.2. The summed E-state index contributed by atoms with van der Waals surface area (Å²) in [6.45, 7) is 4.28. The van der Waals surface area contributed by atoms with Gasteiger partial charge in [0.25, 0.3) is 0 Å². The van der Waals surface area contributed by atoms with Crippen LogP contribution in [0.3, 0.4) is 0 Å². The monoisotopic (exact) mass is 350 g/mol. The van der Waals surface area contributed by atoms with Crippen LogP contribution in [0, 0.1) is 5.82 Å². The number of rotatable bonds is 5. The molecule has 2 aromatic rings. The van der Waals surface area contributed by atoms with Gasteiger partial charge < -0.3 is 4.74 Å². The van der Waals surface area contributed by atoms with E-state index in [4.69, 9.17) is 4.74 Å². The molecular weight excluding hydrogens is 331 g/mol. The van der Waals surface area contributed by atoms with E-state index in [0.717, 1.165) is 18.4 Å². The smallest absolute Gasteiger partial charge is 0.165 e. The van der Waals surface area contributed by atoms with Crippen molar-refractivity contribution in [1.29, 1.82) is 0 Å². The fraction of sp³-hybridized carbons (Fsp3) is 0.333. The van der Waals surface area contributed by atoms with Gasteiger partial charge in [0.2, 0.25) is 0 Å². The quantitative estimate of drug-likeness (QED) is 0.652. The maximum atomic E-state index is 13.9. The number of benzene rings is 2. The molecule has 112 valence electrons. The van der Waals surface area contributed by atoms with Crippen LogP contribution in [0.2, 0.25) is 0 Å². The Hall–Kier alpha value is -1.35. The van der Waals surface area contributed by atoms with Crippen LogP contribution >= 0.6 is 15.9 Å². The van der Waals surface area contributed by atoms with Crippen molar-refractivity contribution in [1.82, 2.24) is 0 Å². The summed E-state index contributed by atoms with van der Waals surface area (Å²) >= 11 is 3.72. The Labute approximate surface area is 134 Å². The minimum atomic E-state index is -0.329. The number of halogens is 2. The zero-order valence-corrected chi connectivity index (χ0v) is 14.2. The third-order valence-electron chi connectivity index (χ3n) is 3.74. The molecule has 0 saturated heterocycles. The molecule has 0 saturated carbocycles. The van der Waals surface area contributed by atoms with Gasteiger partial charge in [-0.15, -0.1) is 0 Å². The highest BCUT2D eigenvalue weighted by Crippen LogP contribution is 2.35. The standard InChI is InChI=1S/C18H20BrFO/c1-4-12-6-7-13(5-2)15(10-12)18(19)14-8-9-17(21-3)16(20)11-14/h6-11,18H,4-5H2,1-3H3. The maximum absolute atomic E-state index is 13.9. The molecule has 0 aromatic heterocycles. The first kappa shape index (κ1) is 16.0. The molecule has 1 unspecified atom stereocenters. The van der Waals surface area contributed by atoms with Gasteiger partial charge in [-0.05, 0) is 47.2 Å². The van der Waals surface area contributed by atoms with Crippen LogP contribution in [-0.4, -0.2) is 7.11 Å². The molecule has 3 heteroatoms. The van der Waals surface area contributed by atoms with Gasteiger partial charge in [-0.3, -0.25) is 0 Å². The molecule has 2 rings (SSSR count). The number of hydrogen-bond acceptors (Lipinski definition) is 1. The van der Waals surface area contributed by atoms with E-state index in [1.807, 2.05) is 6.07 Å². The van der Waals surface area contributed by atoms with E-state index < -0.39 is 0 Å². The molecule has 0 heterocycles. The fourth-order valence-corrected chi connectivity index (χ4v) is 3.15. The van der Waals surface area contributed by atoms with Crippen LogP contribution in [0.25, 0.3) is 0 Å². The number of aryl methyl sites for hydroxylation is 2. The van der Waals surface area contributed by atoms with Crippen LogP contribution in [0.15, 0.2) is 36.4 Å². The summed E-state index contributed by atoms with van der Waals surface area (Å²) in [7, 11) is 1.48. The van der Waals surface area contributed by atoms with E-state index >= 15 is 0 Å². The highest BCUT2D eigenvalue weighted by atomic mass is 79.9. The van der Waals surface area contributed by atoms with Gasteiger partial charge in [-0.25, -0.2) is 4.39 Å². The van der Waals surface area contributed by atoms with Crippen molar-refractivity contribution in [2.75, 3.05) is 7.11 Å². The highest BCUT2D eigenvalue weighted by Gasteiger charge is 2.16. The van der Waals surface area contributed by atoms with Gasteiger partial charge in [0.05, 0.1) is 11.9 Å². The summed E-state index contributed by atoms with van der Waals surface area (Å²) in [5, 5.41) is 0. The molecule has 2 aromatic carbocycles. The van der Waals surface area contributed by atoms with Crippen LogP contribution in [-0.2, 0) is 12.8 Å². The summed E-state index contributed by atoms with van der Waals surface area (Å²) in [4.78, 5) is -0.0145. The molecule has 1 nitrogen and oxygen atoms in total. The summed E-state index contributed by atoms with van der Waals surface area (Å²) in [5.74, 6) is -0.0550. The summed E-state index contributed by atoms with van der Waals surface area (Å²) in [6, 6.07) is 11.7. The maximum Gasteiger partial charge on any atom is 0.165 e. The molecule has 0 aliphatic heterocycles. The number of ether oxygens (including phenoxy) is 1. The third-order valence-corrected chi connectivity index (χ3v) is 4.76. The van der Waals surface area contributed by atoms with Crippen molar-refractivity contribution in [3.63, 3.8) is 0 Å². The lowest BCUT2D eigenvalue weighted by Crippen LogP contribution is -2.01. The highest BCUT2D eigenvalue weighted by molar-refractivity contribution is 9.09. The summed E-state index contributed by atoms with van der Waals surface area (Å²) < 4.78 is 18.9. The average molecular weight is 351 g/mol. The van der Waals surface area contributed by atoms with E-state index in [0.29, 0.717) is 0 Å². The van der Waals surface area contributed by atoms with Gasteiger partial charge in [0, 0.05) is 0 Å².